The summed E-state index contributed by atoms with van der Waals surface area (Å²) in [6.45, 7) is 0. The fourth-order valence-corrected chi connectivity index (χ4v) is 1.92. The fourth-order valence-electron chi connectivity index (χ4n) is 1.05. The van der Waals surface area contributed by atoms with E-state index in [0.29, 0.717) is 5.82 Å². The largest absolute Gasteiger partial charge is 0.481 e. The number of nitrogens with zero attached hydrogens (tertiary/aromatic N) is 1. The number of thioether (sulfide) groups is 1. The number of nitrogens with two attached hydrogens (primary N) is 1. The van der Waals surface area contributed by atoms with Crippen molar-refractivity contribution in [1.82, 2.24) is 4.98 Å². The number of hydrogen-bond donors (Lipinski definition) is 2. The molecule has 0 aliphatic rings. The zero-order valence-electron chi connectivity index (χ0n) is 8.35. The number of anilines is 1. The molecular formula is C10H14N2O2S. The summed E-state index contributed by atoms with van der Waals surface area (Å²) < 4.78 is 0. The highest BCUT2D eigenvalue weighted by Gasteiger charge is 1.98. The van der Waals surface area contributed by atoms with Gasteiger partial charge in [-0.3, -0.25) is 4.79 Å². The second-order valence-electron chi connectivity index (χ2n) is 3.12. The molecule has 0 amide bonds. The van der Waals surface area contributed by atoms with Crippen molar-refractivity contribution in [3.05, 3.63) is 18.3 Å². The minimum atomic E-state index is -0.728. The molecule has 0 saturated heterocycles. The maximum absolute atomic E-state index is 10.2. The highest BCUT2D eigenvalue weighted by molar-refractivity contribution is 7.99. The van der Waals surface area contributed by atoms with Gasteiger partial charge in [-0.15, -0.1) is 11.8 Å². The Bertz CT molecular complexity index is 314. The summed E-state index contributed by atoms with van der Waals surface area (Å²) in [6.07, 6.45) is 3.61. The van der Waals surface area contributed by atoms with Crippen molar-refractivity contribution in [1.29, 1.82) is 0 Å². The second kappa shape index (κ2) is 6.29. The molecule has 1 rings (SSSR count). The molecule has 3 N–H and O–H groups in total. The molecule has 0 fully saturated rings. The Morgan fingerprint density at radius 3 is 2.87 bits per heavy atom. The monoisotopic (exact) mass is 226 g/mol. The minimum Gasteiger partial charge on any atom is -0.481 e. The van der Waals surface area contributed by atoms with Gasteiger partial charge in [0.1, 0.15) is 5.82 Å². The first-order valence-corrected chi connectivity index (χ1v) is 5.73. The molecule has 0 radical (unpaired) electrons. The van der Waals surface area contributed by atoms with Crippen LogP contribution < -0.4 is 5.73 Å². The van der Waals surface area contributed by atoms with Crippen LogP contribution in [0.1, 0.15) is 19.3 Å². The Kier molecular flexibility index (Phi) is 4.97. The van der Waals surface area contributed by atoms with Crippen molar-refractivity contribution in [3.8, 4) is 0 Å². The van der Waals surface area contributed by atoms with E-state index in [0.717, 1.165) is 23.5 Å². The van der Waals surface area contributed by atoms with Gasteiger partial charge in [-0.05, 0) is 30.7 Å². The normalized spacial score (nSPS) is 10.1. The first kappa shape index (κ1) is 11.8. The molecule has 0 bridgehead atoms. The van der Waals surface area contributed by atoms with Crippen molar-refractivity contribution >= 4 is 23.5 Å². The number of carbonyl (C=O) groups is 1. The first-order chi connectivity index (χ1) is 7.18. The lowest BCUT2D eigenvalue weighted by molar-refractivity contribution is -0.137. The Balaban J connectivity index is 2.15. The minimum absolute atomic E-state index is 0.251. The molecule has 1 aromatic heterocycles. The number of rotatable bonds is 6. The molecule has 1 heterocycles. The molecule has 0 aliphatic carbocycles. The van der Waals surface area contributed by atoms with Gasteiger partial charge < -0.3 is 10.8 Å². The van der Waals surface area contributed by atoms with Gasteiger partial charge in [0.2, 0.25) is 0 Å². The maximum atomic E-state index is 10.2. The number of aromatic nitrogens is 1. The van der Waals surface area contributed by atoms with Gasteiger partial charge >= 0.3 is 5.97 Å². The van der Waals surface area contributed by atoms with Crippen molar-refractivity contribution in [2.45, 2.75) is 24.2 Å². The lowest BCUT2D eigenvalue weighted by atomic mass is 10.3. The summed E-state index contributed by atoms with van der Waals surface area (Å²) in [5, 5.41) is 8.43. The van der Waals surface area contributed by atoms with Gasteiger partial charge in [0.25, 0.3) is 0 Å². The standard InChI is InChI=1S/C10H14N2O2S/c11-9-5-4-8(7-12-9)15-6-2-1-3-10(13)14/h4-5,7H,1-3,6H2,(H2,11,12)(H,13,14). The van der Waals surface area contributed by atoms with Crippen molar-refractivity contribution in [2.75, 3.05) is 11.5 Å². The van der Waals surface area contributed by atoms with Gasteiger partial charge in [0, 0.05) is 17.5 Å². The molecular weight excluding hydrogens is 212 g/mol. The van der Waals surface area contributed by atoms with Crippen molar-refractivity contribution < 1.29 is 9.90 Å². The third-order valence-electron chi connectivity index (χ3n) is 1.81. The quantitative estimate of drug-likeness (QED) is 0.573. The highest BCUT2D eigenvalue weighted by atomic mass is 32.2. The topological polar surface area (TPSA) is 76.2 Å². The van der Waals surface area contributed by atoms with E-state index in [1.54, 1.807) is 24.0 Å². The number of pyridine rings is 1. The van der Waals surface area contributed by atoms with Gasteiger partial charge in [-0.25, -0.2) is 4.98 Å². The molecule has 0 atom stereocenters. The predicted molar refractivity (Wildman–Crippen MR) is 60.9 cm³/mol. The van der Waals surface area contributed by atoms with Crippen molar-refractivity contribution in [2.24, 2.45) is 0 Å². The van der Waals surface area contributed by atoms with Crippen LogP contribution in [0.2, 0.25) is 0 Å². The second-order valence-corrected chi connectivity index (χ2v) is 4.29. The highest BCUT2D eigenvalue weighted by Crippen LogP contribution is 2.19. The third-order valence-corrected chi connectivity index (χ3v) is 2.88. The molecule has 0 saturated carbocycles. The van der Waals surface area contributed by atoms with Crippen LogP contribution in [0.3, 0.4) is 0 Å². The lowest BCUT2D eigenvalue weighted by Crippen LogP contribution is -1.94. The van der Waals surface area contributed by atoms with Crippen LogP contribution in [-0.4, -0.2) is 21.8 Å². The zero-order chi connectivity index (χ0) is 11.1. The summed E-state index contributed by atoms with van der Waals surface area (Å²) in [4.78, 5) is 15.3. The van der Waals surface area contributed by atoms with Gasteiger partial charge in [0.05, 0.1) is 0 Å². The van der Waals surface area contributed by atoms with Crippen molar-refractivity contribution in [3.63, 3.8) is 0 Å². The smallest absolute Gasteiger partial charge is 0.303 e. The lowest BCUT2D eigenvalue weighted by Gasteiger charge is -2.00. The zero-order valence-corrected chi connectivity index (χ0v) is 9.17. The summed E-state index contributed by atoms with van der Waals surface area (Å²) in [5.41, 5.74) is 5.45. The van der Waals surface area contributed by atoms with E-state index in [1.165, 1.54) is 0 Å². The van der Waals surface area contributed by atoms with E-state index < -0.39 is 5.97 Å². The van der Waals surface area contributed by atoms with E-state index in [1.807, 2.05) is 6.07 Å². The molecule has 1 aromatic rings. The fraction of sp³-hybridized carbons (Fsp3) is 0.400. The van der Waals surface area contributed by atoms with E-state index >= 15 is 0 Å². The number of unbranched alkanes of at least 4 members (excludes halogenated alkanes) is 1. The number of hydrogen-bond acceptors (Lipinski definition) is 4. The molecule has 15 heavy (non-hydrogen) atoms. The Labute approximate surface area is 92.9 Å². The molecule has 0 aromatic carbocycles. The molecule has 0 aliphatic heterocycles. The Morgan fingerprint density at radius 2 is 2.27 bits per heavy atom. The first-order valence-electron chi connectivity index (χ1n) is 4.74. The SMILES string of the molecule is Nc1ccc(SCCCCC(=O)O)cn1. The summed E-state index contributed by atoms with van der Waals surface area (Å²) in [6, 6.07) is 3.68. The van der Waals surface area contributed by atoms with E-state index in [9.17, 15) is 4.79 Å². The number of carboxylic acid groups (broad SMARTS) is 1. The number of carboxylic acids is 1. The molecule has 0 spiro atoms. The van der Waals surface area contributed by atoms with E-state index in [-0.39, 0.29) is 6.42 Å². The van der Waals surface area contributed by atoms with Crippen LogP contribution in [0.5, 0.6) is 0 Å². The van der Waals surface area contributed by atoms with Crippen LogP contribution in [0.15, 0.2) is 23.2 Å². The molecule has 4 nitrogen and oxygen atoms in total. The van der Waals surface area contributed by atoms with Crippen LogP contribution in [0.4, 0.5) is 5.82 Å². The molecule has 82 valence electrons. The van der Waals surface area contributed by atoms with Crippen LogP contribution in [0, 0.1) is 0 Å². The number of nitrogen functional groups attached to an aromatic ring is 1. The Hall–Kier alpha value is -1.23. The van der Waals surface area contributed by atoms with Crippen LogP contribution in [0.25, 0.3) is 0 Å². The summed E-state index contributed by atoms with van der Waals surface area (Å²) in [5.74, 6) is 0.707. The van der Waals surface area contributed by atoms with Gasteiger partial charge in [0.15, 0.2) is 0 Å². The van der Waals surface area contributed by atoms with Crippen LogP contribution >= 0.6 is 11.8 Å². The van der Waals surface area contributed by atoms with E-state index in [2.05, 4.69) is 4.98 Å². The van der Waals surface area contributed by atoms with Gasteiger partial charge in [-0.1, -0.05) is 0 Å². The van der Waals surface area contributed by atoms with Gasteiger partial charge in [-0.2, -0.15) is 0 Å². The van der Waals surface area contributed by atoms with Crippen LogP contribution in [-0.2, 0) is 4.79 Å². The van der Waals surface area contributed by atoms with E-state index in [4.69, 9.17) is 10.8 Å². The summed E-state index contributed by atoms with van der Waals surface area (Å²) in [7, 11) is 0. The average molecular weight is 226 g/mol. The molecule has 5 heteroatoms. The third kappa shape index (κ3) is 5.27. The predicted octanol–water partition coefficient (Wildman–Crippen LogP) is 2.01. The summed E-state index contributed by atoms with van der Waals surface area (Å²) >= 11 is 1.67. The Morgan fingerprint density at radius 1 is 1.47 bits per heavy atom. The number of aliphatic carboxylic acids is 1. The molecule has 0 unspecified atom stereocenters. The average Bonchev–Trinajstić information content (AvgIpc) is 2.20. The maximum Gasteiger partial charge on any atom is 0.303 e.